The van der Waals surface area contributed by atoms with Gasteiger partial charge in [-0.05, 0) is 26.8 Å². The van der Waals surface area contributed by atoms with Crippen LogP contribution in [0.2, 0.25) is 0 Å². The Labute approximate surface area is 68.0 Å². The highest BCUT2D eigenvalue weighted by Crippen LogP contribution is 1.89. The van der Waals surface area contributed by atoms with Gasteiger partial charge in [-0.25, -0.2) is 0 Å². The Morgan fingerprint density at radius 2 is 2.18 bits per heavy atom. The van der Waals surface area contributed by atoms with Crippen molar-refractivity contribution in [3.8, 4) is 6.07 Å². The van der Waals surface area contributed by atoms with Crippen LogP contribution in [0.5, 0.6) is 0 Å². The average molecular weight is 156 g/mol. The number of nitrogens with one attached hydrogen (secondary N) is 1. The summed E-state index contributed by atoms with van der Waals surface area (Å²) in [7, 11) is 0. The molecular formula is C8H16N2O. The van der Waals surface area contributed by atoms with E-state index in [1.54, 1.807) is 6.92 Å². The fourth-order valence-electron chi connectivity index (χ4n) is 0.675. The molecule has 64 valence electrons. The van der Waals surface area contributed by atoms with Crippen LogP contribution in [-0.4, -0.2) is 24.3 Å². The molecule has 2 unspecified atom stereocenters. The van der Waals surface area contributed by atoms with Crippen molar-refractivity contribution >= 4 is 0 Å². The van der Waals surface area contributed by atoms with Gasteiger partial charge in [-0.2, -0.15) is 5.26 Å². The third kappa shape index (κ3) is 7.31. The van der Waals surface area contributed by atoms with E-state index in [4.69, 9.17) is 10.4 Å². The number of nitrogens with zero attached hydrogens (tertiary/aromatic N) is 1. The maximum atomic E-state index is 8.87. The highest BCUT2D eigenvalue weighted by molar-refractivity contribution is 4.79. The molecule has 0 saturated carbocycles. The van der Waals surface area contributed by atoms with E-state index in [0.717, 1.165) is 13.0 Å². The van der Waals surface area contributed by atoms with Crippen molar-refractivity contribution in [1.82, 2.24) is 5.32 Å². The Kier molecular flexibility index (Phi) is 5.81. The van der Waals surface area contributed by atoms with Crippen molar-refractivity contribution in [3.05, 3.63) is 0 Å². The van der Waals surface area contributed by atoms with E-state index < -0.39 is 0 Å². The van der Waals surface area contributed by atoms with Crippen molar-refractivity contribution in [2.45, 2.75) is 26.4 Å². The van der Waals surface area contributed by atoms with Crippen molar-refractivity contribution in [3.63, 3.8) is 0 Å². The van der Waals surface area contributed by atoms with Crippen LogP contribution in [0.3, 0.4) is 0 Å². The molecule has 11 heavy (non-hydrogen) atoms. The molecule has 0 fully saturated rings. The SMILES string of the molecule is CC(O)CCNCC(C)C#N. The molecule has 2 atom stereocenters. The second-order valence-corrected chi connectivity index (χ2v) is 2.87. The predicted molar refractivity (Wildman–Crippen MR) is 43.9 cm³/mol. The zero-order chi connectivity index (χ0) is 8.69. The van der Waals surface area contributed by atoms with Crippen molar-refractivity contribution in [2.75, 3.05) is 13.1 Å². The quantitative estimate of drug-likeness (QED) is 0.570. The van der Waals surface area contributed by atoms with Crippen molar-refractivity contribution in [2.24, 2.45) is 5.92 Å². The lowest BCUT2D eigenvalue weighted by atomic mass is 10.2. The van der Waals surface area contributed by atoms with E-state index >= 15 is 0 Å². The summed E-state index contributed by atoms with van der Waals surface area (Å²) in [6.07, 6.45) is 0.498. The van der Waals surface area contributed by atoms with Gasteiger partial charge in [-0.15, -0.1) is 0 Å². The van der Waals surface area contributed by atoms with Crippen LogP contribution in [0.15, 0.2) is 0 Å². The zero-order valence-electron chi connectivity index (χ0n) is 7.17. The van der Waals surface area contributed by atoms with Crippen LogP contribution >= 0.6 is 0 Å². The molecule has 0 amide bonds. The number of aliphatic hydroxyl groups is 1. The molecule has 0 rings (SSSR count). The number of rotatable bonds is 5. The van der Waals surface area contributed by atoms with Crippen LogP contribution in [0.25, 0.3) is 0 Å². The normalized spacial score (nSPS) is 15.5. The highest BCUT2D eigenvalue weighted by Gasteiger charge is 1.98. The zero-order valence-corrected chi connectivity index (χ0v) is 7.17. The van der Waals surface area contributed by atoms with Crippen molar-refractivity contribution in [1.29, 1.82) is 5.26 Å². The van der Waals surface area contributed by atoms with Gasteiger partial charge in [0.15, 0.2) is 0 Å². The van der Waals surface area contributed by atoms with Gasteiger partial charge >= 0.3 is 0 Å². The highest BCUT2D eigenvalue weighted by atomic mass is 16.3. The van der Waals surface area contributed by atoms with Crippen molar-refractivity contribution < 1.29 is 5.11 Å². The number of nitriles is 1. The molecule has 0 aromatic heterocycles. The summed E-state index contributed by atoms with van der Waals surface area (Å²) in [6, 6.07) is 2.13. The lowest BCUT2D eigenvalue weighted by molar-refractivity contribution is 0.183. The Balaban J connectivity index is 3.10. The Morgan fingerprint density at radius 1 is 1.55 bits per heavy atom. The largest absolute Gasteiger partial charge is 0.393 e. The molecule has 0 aliphatic rings. The van der Waals surface area contributed by atoms with Crippen LogP contribution in [0, 0.1) is 17.2 Å². The van der Waals surface area contributed by atoms with Gasteiger partial charge < -0.3 is 10.4 Å². The van der Waals surface area contributed by atoms with Gasteiger partial charge in [0, 0.05) is 6.54 Å². The summed E-state index contributed by atoms with van der Waals surface area (Å²) in [5, 5.41) is 20.4. The average Bonchev–Trinajstić information content (AvgIpc) is 1.97. The molecule has 0 radical (unpaired) electrons. The topological polar surface area (TPSA) is 56.0 Å². The molecule has 0 aromatic rings. The summed E-state index contributed by atoms with van der Waals surface area (Å²) >= 11 is 0. The maximum Gasteiger partial charge on any atom is 0.0666 e. The first-order valence-electron chi connectivity index (χ1n) is 3.95. The second kappa shape index (κ2) is 6.14. The minimum atomic E-state index is -0.250. The molecule has 3 nitrogen and oxygen atoms in total. The minimum Gasteiger partial charge on any atom is -0.393 e. The molecule has 0 saturated heterocycles. The van der Waals surface area contributed by atoms with Crippen LogP contribution in [0.4, 0.5) is 0 Å². The van der Waals surface area contributed by atoms with E-state index in [9.17, 15) is 0 Å². The summed E-state index contributed by atoms with van der Waals surface area (Å²) in [5.41, 5.74) is 0. The van der Waals surface area contributed by atoms with Crippen LogP contribution < -0.4 is 5.32 Å². The van der Waals surface area contributed by atoms with E-state index in [1.165, 1.54) is 0 Å². The van der Waals surface area contributed by atoms with Gasteiger partial charge in [0.2, 0.25) is 0 Å². The number of hydrogen-bond acceptors (Lipinski definition) is 3. The summed E-state index contributed by atoms with van der Waals surface area (Å²) < 4.78 is 0. The minimum absolute atomic E-state index is 0.0593. The van der Waals surface area contributed by atoms with E-state index in [0.29, 0.717) is 6.54 Å². The third-order valence-corrected chi connectivity index (χ3v) is 1.41. The fraction of sp³-hybridized carbons (Fsp3) is 0.875. The van der Waals surface area contributed by atoms with Crippen LogP contribution in [-0.2, 0) is 0 Å². The standard InChI is InChI=1S/C8H16N2O/c1-7(5-9)6-10-4-3-8(2)11/h7-8,10-11H,3-4,6H2,1-2H3. The first-order valence-corrected chi connectivity index (χ1v) is 3.95. The lowest BCUT2D eigenvalue weighted by Crippen LogP contribution is -2.23. The number of hydrogen-bond donors (Lipinski definition) is 2. The first kappa shape index (κ1) is 10.4. The van der Waals surface area contributed by atoms with E-state index in [2.05, 4.69) is 11.4 Å². The van der Waals surface area contributed by atoms with Gasteiger partial charge in [0.1, 0.15) is 0 Å². The van der Waals surface area contributed by atoms with Gasteiger partial charge in [0.25, 0.3) is 0 Å². The maximum absolute atomic E-state index is 8.87. The second-order valence-electron chi connectivity index (χ2n) is 2.87. The first-order chi connectivity index (χ1) is 5.16. The molecule has 0 aromatic carbocycles. The molecular weight excluding hydrogens is 140 g/mol. The van der Waals surface area contributed by atoms with E-state index in [1.807, 2.05) is 6.92 Å². The lowest BCUT2D eigenvalue weighted by Gasteiger charge is -2.06. The summed E-state index contributed by atoms with van der Waals surface area (Å²) in [6.45, 7) is 5.12. The Morgan fingerprint density at radius 3 is 2.64 bits per heavy atom. The summed E-state index contributed by atoms with van der Waals surface area (Å²) in [4.78, 5) is 0. The third-order valence-electron chi connectivity index (χ3n) is 1.41. The molecule has 0 heterocycles. The monoisotopic (exact) mass is 156 g/mol. The van der Waals surface area contributed by atoms with Gasteiger partial charge in [-0.3, -0.25) is 0 Å². The molecule has 0 spiro atoms. The molecule has 2 N–H and O–H groups in total. The molecule has 0 aliphatic heterocycles. The van der Waals surface area contributed by atoms with E-state index in [-0.39, 0.29) is 12.0 Å². The number of aliphatic hydroxyl groups excluding tert-OH is 1. The smallest absolute Gasteiger partial charge is 0.0666 e. The predicted octanol–water partition coefficient (Wildman–Crippen LogP) is 0.507. The molecule has 0 bridgehead atoms. The van der Waals surface area contributed by atoms with Gasteiger partial charge in [0.05, 0.1) is 18.1 Å². The molecule has 0 aliphatic carbocycles. The van der Waals surface area contributed by atoms with Crippen LogP contribution in [0.1, 0.15) is 20.3 Å². The fourth-order valence-corrected chi connectivity index (χ4v) is 0.675. The Hall–Kier alpha value is -0.590. The Bertz CT molecular complexity index is 129. The summed E-state index contributed by atoms with van der Waals surface area (Å²) in [5.74, 6) is 0.0593. The molecule has 3 heteroatoms. The van der Waals surface area contributed by atoms with Gasteiger partial charge in [-0.1, -0.05) is 0 Å².